The molecule has 2 N–H and O–H groups in total. The van der Waals surface area contributed by atoms with E-state index in [1.807, 2.05) is 0 Å². The molecule has 6 nitrogen and oxygen atoms in total. The van der Waals surface area contributed by atoms with Crippen LogP contribution >= 0.6 is 0 Å². The summed E-state index contributed by atoms with van der Waals surface area (Å²) in [6.45, 7) is 7.35. The van der Waals surface area contributed by atoms with Crippen LogP contribution in [0.4, 0.5) is 0 Å². The predicted octanol–water partition coefficient (Wildman–Crippen LogP) is 2.21. The number of hydrogen-bond acceptors (Lipinski definition) is 4. The molecular weight excluding hydrogens is 310 g/mol. The second kappa shape index (κ2) is 8.30. The molecule has 1 aliphatic heterocycles. The fourth-order valence-electron chi connectivity index (χ4n) is 4.00. The molecule has 1 heterocycles. The molecule has 4 atom stereocenters. The summed E-state index contributed by atoms with van der Waals surface area (Å²) < 4.78 is 11.2. The summed E-state index contributed by atoms with van der Waals surface area (Å²) in [5.41, 5.74) is -0.788. The van der Waals surface area contributed by atoms with Crippen molar-refractivity contribution in [1.82, 2.24) is 5.32 Å². The number of carboxylic acids is 1. The Hall–Kier alpha value is -1.14. The van der Waals surface area contributed by atoms with Crippen LogP contribution in [0, 0.1) is 17.8 Å². The Bertz CT molecular complexity index is 445. The van der Waals surface area contributed by atoms with Crippen LogP contribution in [0.1, 0.15) is 52.9 Å². The Balaban J connectivity index is 1.88. The summed E-state index contributed by atoms with van der Waals surface area (Å²) in [5.74, 6) is 0.462. The highest BCUT2D eigenvalue weighted by Crippen LogP contribution is 2.35. The minimum absolute atomic E-state index is 0.0119. The zero-order valence-corrected chi connectivity index (χ0v) is 15.0. The number of amides is 1. The fraction of sp³-hybridized carbons (Fsp3) is 0.889. The van der Waals surface area contributed by atoms with E-state index in [0.717, 1.165) is 12.8 Å². The molecule has 0 aromatic rings. The Morgan fingerprint density at radius 3 is 2.71 bits per heavy atom. The second-order valence-corrected chi connectivity index (χ2v) is 7.88. The average Bonchev–Trinajstić information content (AvgIpc) is 2.92. The second-order valence-electron chi connectivity index (χ2n) is 7.88. The molecule has 24 heavy (non-hydrogen) atoms. The van der Waals surface area contributed by atoms with E-state index in [1.165, 1.54) is 6.42 Å². The molecule has 138 valence electrons. The van der Waals surface area contributed by atoms with Gasteiger partial charge in [0, 0.05) is 6.61 Å². The molecule has 2 rings (SSSR count). The molecule has 1 aliphatic carbocycles. The first-order chi connectivity index (χ1) is 11.3. The van der Waals surface area contributed by atoms with E-state index in [-0.39, 0.29) is 31.6 Å². The highest BCUT2D eigenvalue weighted by Gasteiger charge is 2.39. The minimum atomic E-state index is -0.928. The molecular formula is C18H31NO5. The normalized spacial score (nSPS) is 33.6. The first kappa shape index (κ1) is 19.2. The van der Waals surface area contributed by atoms with Gasteiger partial charge in [-0.3, -0.25) is 9.59 Å². The van der Waals surface area contributed by atoms with Crippen molar-refractivity contribution in [2.45, 2.75) is 64.5 Å². The van der Waals surface area contributed by atoms with Crippen LogP contribution in [0.5, 0.6) is 0 Å². The molecule has 0 aromatic carbocycles. The van der Waals surface area contributed by atoms with Gasteiger partial charge in [-0.05, 0) is 37.0 Å². The van der Waals surface area contributed by atoms with Gasteiger partial charge in [-0.25, -0.2) is 0 Å². The van der Waals surface area contributed by atoms with Crippen molar-refractivity contribution >= 4 is 11.9 Å². The first-order valence-corrected chi connectivity index (χ1v) is 9.03. The number of hydrogen-bond donors (Lipinski definition) is 2. The monoisotopic (exact) mass is 341 g/mol. The van der Waals surface area contributed by atoms with Gasteiger partial charge in [0.05, 0.1) is 24.7 Å². The third-order valence-corrected chi connectivity index (χ3v) is 5.39. The lowest BCUT2D eigenvalue weighted by Gasteiger charge is -2.37. The number of carbonyl (C=O) groups excluding carboxylic acids is 1. The van der Waals surface area contributed by atoms with Crippen LogP contribution in [0.3, 0.4) is 0 Å². The molecule has 1 amide bonds. The van der Waals surface area contributed by atoms with Crippen LogP contribution in [-0.2, 0) is 19.1 Å². The Labute approximate surface area is 144 Å². The van der Waals surface area contributed by atoms with E-state index in [9.17, 15) is 9.59 Å². The minimum Gasteiger partial charge on any atom is -0.481 e. The number of ether oxygens (including phenoxy) is 2. The SMILES string of the molecule is CC1CCC(C(C)C)C(OCC(=O)NC2(CC(=O)O)CCOC2)C1. The number of rotatable bonds is 7. The summed E-state index contributed by atoms with van der Waals surface area (Å²) in [4.78, 5) is 23.4. The lowest BCUT2D eigenvalue weighted by Crippen LogP contribution is -2.52. The van der Waals surface area contributed by atoms with Crippen LogP contribution in [-0.4, -0.2) is 48.4 Å². The van der Waals surface area contributed by atoms with Gasteiger partial charge < -0.3 is 19.9 Å². The molecule has 0 aromatic heterocycles. The van der Waals surface area contributed by atoms with E-state index in [4.69, 9.17) is 14.6 Å². The third-order valence-electron chi connectivity index (χ3n) is 5.39. The van der Waals surface area contributed by atoms with Crippen molar-refractivity contribution in [3.8, 4) is 0 Å². The van der Waals surface area contributed by atoms with E-state index in [2.05, 4.69) is 26.1 Å². The van der Waals surface area contributed by atoms with Crippen molar-refractivity contribution in [3.05, 3.63) is 0 Å². The Morgan fingerprint density at radius 2 is 2.12 bits per heavy atom. The van der Waals surface area contributed by atoms with Crippen molar-refractivity contribution in [1.29, 1.82) is 0 Å². The van der Waals surface area contributed by atoms with Gasteiger partial charge in [-0.15, -0.1) is 0 Å². The van der Waals surface area contributed by atoms with Crippen molar-refractivity contribution in [3.63, 3.8) is 0 Å². The zero-order valence-electron chi connectivity index (χ0n) is 15.0. The maximum atomic E-state index is 12.3. The van der Waals surface area contributed by atoms with E-state index < -0.39 is 11.5 Å². The quantitative estimate of drug-likeness (QED) is 0.742. The van der Waals surface area contributed by atoms with Crippen LogP contribution < -0.4 is 5.32 Å². The summed E-state index contributed by atoms with van der Waals surface area (Å²) in [5, 5.41) is 11.9. The maximum Gasteiger partial charge on any atom is 0.305 e. The van der Waals surface area contributed by atoms with Gasteiger partial charge in [0.1, 0.15) is 6.61 Å². The molecule has 1 saturated heterocycles. The lowest BCUT2D eigenvalue weighted by molar-refractivity contribution is -0.140. The largest absolute Gasteiger partial charge is 0.481 e. The smallest absolute Gasteiger partial charge is 0.305 e. The fourth-order valence-corrected chi connectivity index (χ4v) is 4.00. The lowest BCUT2D eigenvalue weighted by atomic mass is 9.75. The Morgan fingerprint density at radius 1 is 1.38 bits per heavy atom. The van der Waals surface area contributed by atoms with Crippen molar-refractivity contribution < 1.29 is 24.2 Å². The molecule has 2 fully saturated rings. The topological polar surface area (TPSA) is 84.9 Å². The first-order valence-electron chi connectivity index (χ1n) is 9.03. The summed E-state index contributed by atoms with van der Waals surface area (Å²) >= 11 is 0. The van der Waals surface area contributed by atoms with Crippen molar-refractivity contribution in [2.75, 3.05) is 19.8 Å². The average molecular weight is 341 g/mol. The molecule has 0 spiro atoms. The van der Waals surface area contributed by atoms with Crippen molar-refractivity contribution in [2.24, 2.45) is 17.8 Å². The van der Waals surface area contributed by atoms with Gasteiger partial charge in [0.2, 0.25) is 5.91 Å². The number of nitrogens with one attached hydrogen (secondary N) is 1. The highest BCUT2D eigenvalue weighted by atomic mass is 16.5. The Kier molecular flexibility index (Phi) is 6.63. The molecule has 1 saturated carbocycles. The van der Waals surface area contributed by atoms with Crippen LogP contribution in [0.15, 0.2) is 0 Å². The summed E-state index contributed by atoms with van der Waals surface area (Å²) in [6, 6.07) is 0. The highest BCUT2D eigenvalue weighted by molar-refractivity contribution is 5.79. The number of carbonyl (C=O) groups is 2. The molecule has 4 unspecified atom stereocenters. The van der Waals surface area contributed by atoms with E-state index in [0.29, 0.717) is 30.8 Å². The number of carboxylic acid groups (broad SMARTS) is 1. The predicted molar refractivity (Wildman–Crippen MR) is 89.6 cm³/mol. The summed E-state index contributed by atoms with van der Waals surface area (Å²) in [7, 11) is 0. The molecule has 0 radical (unpaired) electrons. The van der Waals surface area contributed by atoms with Crippen LogP contribution in [0.2, 0.25) is 0 Å². The zero-order chi connectivity index (χ0) is 17.7. The van der Waals surface area contributed by atoms with Gasteiger partial charge in [-0.2, -0.15) is 0 Å². The van der Waals surface area contributed by atoms with Gasteiger partial charge in [0.25, 0.3) is 0 Å². The molecule has 0 bridgehead atoms. The molecule has 2 aliphatic rings. The number of aliphatic carboxylic acids is 1. The standard InChI is InChI=1S/C18H31NO5/c1-12(2)14-5-4-13(3)8-15(14)24-10-16(20)19-18(9-17(21)22)6-7-23-11-18/h12-15H,4-11H2,1-3H3,(H,19,20)(H,21,22). The third kappa shape index (κ3) is 5.18. The van der Waals surface area contributed by atoms with Gasteiger partial charge >= 0.3 is 5.97 Å². The van der Waals surface area contributed by atoms with Crippen LogP contribution in [0.25, 0.3) is 0 Å². The summed E-state index contributed by atoms with van der Waals surface area (Å²) in [6.07, 6.45) is 3.86. The van der Waals surface area contributed by atoms with Gasteiger partial charge in [-0.1, -0.05) is 27.2 Å². The van der Waals surface area contributed by atoms with Gasteiger partial charge in [0.15, 0.2) is 0 Å². The molecule has 6 heteroatoms. The maximum absolute atomic E-state index is 12.3. The van der Waals surface area contributed by atoms with E-state index >= 15 is 0 Å². The van der Waals surface area contributed by atoms with E-state index in [1.54, 1.807) is 0 Å².